The molecule has 0 bridgehead atoms. The van der Waals surface area contributed by atoms with Crippen molar-refractivity contribution < 1.29 is 23.5 Å². The van der Waals surface area contributed by atoms with Gasteiger partial charge in [0.1, 0.15) is 23.3 Å². The first-order valence-corrected chi connectivity index (χ1v) is 12.3. The summed E-state index contributed by atoms with van der Waals surface area (Å²) in [4.78, 5) is 30.0. The van der Waals surface area contributed by atoms with E-state index in [1.54, 1.807) is 55.7 Å². The lowest BCUT2D eigenvalue weighted by Gasteiger charge is -2.32. The maximum absolute atomic E-state index is 13.8. The Balaban J connectivity index is 1.76. The van der Waals surface area contributed by atoms with Gasteiger partial charge in [-0.3, -0.25) is 9.59 Å². The molecular formula is C26H30N2O5S. The van der Waals surface area contributed by atoms with Gasteiger partial charge in [0.15, 0.2) is 0 Å². The fraction of sp³-hybridized carbons (Fsp3) is 0.385. The SMILES string of the molecule is COc1ccc(OC)c([C@@H](C(=O)NC2CCCC2)N(Cc2ccco2)C(=O)Cc2cccs2)c1. The molecule has 0 radical (unpaired) electrons. The Morgan fingerprint density at radius 2 is 1.97 bits per heavy atom. The van der Waals surface area contributed by atoms with Crippen molar-refractivity contribution in [2.75, 3.05) is 14.2 Å². The van der Waals surface area contributed by atoms with Gasteiger partial charge in [-0.25, -0.2) is 0 Å². The molecule has 180 valence electrons. The van der Waals surface area contributed by atoms with E-state index in [9.17, 15) is 9.59 Å². The van der Waals surface area contributed by atoms with Crippen molar-refractivity contribution in [3.05, 3.63) is 70.3 Å². The first-order chi connectivity index (χ1) is 16.6. The molecule has 2 aromatic heterocycles. The quantitative estimate of drug-likeness (QED) is 0.452. The minimum Gasteiger partial charge on any atom is -0.497 e. The van der Waals surface area contributed by atoms with E-state index in [4.69, 9.17) is 13.9 Å². The first-order valence-electron chi connectivity index (χ1n) is 11.5. The molecule has 0 spiro atoms. The van der Waals surface area contributed by atoms with Gasteiger partial charge in [-0.15, -0.1) is 11.3 Å². The van der Waals surface area contributed by atoms with Gasteiger partial charge in [0.05, 0.1) is 33.4 Å². The molecular weight excluding hydrogens is 452 g/mol. The molecule has 7 nitrogen and oxygen atoms in total. The van der Waals surface area contributed by atoms with Crippen LogP contribution in [0.4, 0.5) is 0 Å². The molecule has 1 atom stereocenters. The summed E-state index contributed by atoms with van der Waals surface area (Å²) in [5.74, 6) is 1.29. The molecule has 1 aliphatic rings. The van der Waals surface area contributed by atoms with Crippen LogP contribution in [0.2, 0.25) is 0 Å². The Hall–Kier alpha value is -3.26. The van der Waals surface area contributed by atoms with E-state index >= 15 is 0 Å². The summed E-state index contributed by atoms with van der Waals surface area (Å²) in [6, 6.07) is 11.9. The van der Waals surface area contributed by atoms with Gasteiger partial charge in [-0.1, -0.05) is 18.9 Å². The van der Waals surface area contributed by atoms with Crippen molar-refractivity contribution in [3.8, 4) is 11.5 Å². The zero-order chi connectivity index (χ0) is 23.9. The highest BCUT2D eigenvalue weighted by Crippen LogP contribution is 2.35. The molecule has 8 heteroatoms. The van der Waals surface area contributed by atoms with E-state index in [1.807, 2.05) is 17.5 Å². The minimum absolute atomic E-state index is 0.101. The average Bonchev–Trinajstić information content (AvgIpc) is 3.63. The highest BCUT2D eigenvalue weighted by molar-refractivity contribution is 7.10. The Morgan fingerprint density at radius 1 is 1.15 bits per heavy atom. The summed E-state index contributed by atoms with van der Waals surface area (Å²) >= 11 is 1.52. The van der Waals surface area contributed by atoms with Crippen molar-refractivity contribution in [2.45, 2.75) is 50.7 Å². The summed E-state index contributed by atoms with van der Waals surface area (Å²) in [6.45, 7) is 0.153. The number of nitrogens with one attached hydrogen (secondary N) is 1. The summed E-state index contributed by atoms with van der Waals surface area (Å²) in [7, 11) is 3.13. The number of hydrogen-bond donors (Lipinski definition) is 1. The molecule has 1 saturated carbocycles. The van der Waals surface area contributed by atoms with Crippen LogP contribution in [0.15, 0.2) is 58.5 Å². The van der Waals surface area contributed by atoms with Crippen LogP contribution < -0.4 is 14.8 Å². The number of benzene rings is 1. The first kappa shape index (κ1) is 23.9. The summed E-state index contributed by atoms with van der Waals surface area (Å²) < 4.78 is 16.6. The fourth-order valence-corrected chi connectivity index (χ4v) is 5.11. The number of carbonyl (C=O) groups excluding carboxylic acids is 2. The maximum Gasteiger partial charge on any atom is 0.247 e. The molecule has 1 N–H and O–H groups in total. The Morgan fingerprint density at radius 3 is 2.62 bits per heavy atom. The topological polar surface area (TPSA) is 81.0 Å². The third-order valence-electron chi connectivity index (χ3n) is 6.13. The van der Waals surface area contributed by atoms with Crippen molar-refractivity contribution in [2.24, 2.45) is 0 Å². The predicted molar refractivity (Wildman–Crippen MR) is 130 cm³/mol. The van der Waals surface area contributed by atoms with Gasteiger partial charge in [-0.2, -0.15) is 0 Å². The number of amides is 2. The molecule has 3 aromatic rings. The molecule has 2 amide bonds. The largest absolute Gasteiger partial charge is 0.497 e. The molecule has 1 aliphatic carbocycles. The van der Waals surface area contributed by atoms with E-state index in [2.05, 4.69) is 5.32 Å². The second-order valence-electron chi connectivity index (χ2n) is 8.36. The van der Waals surface area contributed by atoms with Crippen LogP contribution in [0.25, 0.3) is 0 Å². The second-order valence-corrected chi connectivity index (χ2v) is 9.39. The van der Waals surface area contributed by atoms with E-state index in [1.165, 1.54) is 11.3 Å². The second kappa shape index (κ2) is 11.2. The lowest BCUT2D eigenvalue weighted by molar-refractivity contribution is -0.141. The minimum atomic E-state index is -0.914. The zero-order valence-corrected chi connectivity index (χ0v) is 20.3. The normalized spacial score (nSPS) is 14.5. The number of furan rings is 1. The predicted octanol–water partition coefficient (Wildman–Crippen LogP) is 4.73. The Labute approximate surface area is 203 Å². The van der Waals surface area contributed by atoms with E-state index in [-0.39, 0.29) is 30.8 Å². The van der Waals surface area contributed by atoms with E-state index in [0.717, 1.165) is 30.6 Å². The van der Waals surface area contributed by atoms with Crippen LogP contribution >= 0.6 is 11.3 Å². The van der Waals surface area contributed by atoms with Gasteiger partial charge < -0.3 is 24.1 Å². The summed E-state index contributed by atoms with van der Waals surface area (Å²) in [6.07, 6.45) is 5.82. The molecule has 0 aliphatic heterocycles. The lowest BCUT2D eigenvalue weighted by atomic mass is 10.0. The van der Waals surface area contributed by atoms with Crippen molar-refractivity contribution in [3.63, 3.8) is 0 Å². The third kappa shape index (κ3) is 5.62. The molecule has 2 heterocycles. The Bertz CT molecular complexity index is 1070. The number of thiophene rings is 1. The zero-order valence-electron chi connectivity index (χ0n) is 19.5. The van der Waals surface area contributed by atoms with Crippen LogP contribution in [0, 0.1) is 0 Å². The number of carbonyl (C=O) groups is 2. The molecule has 34 heavy (non-hydrogen) atoms. The fourth-order valence-electron chi connectivity index (χ4n) is 4.41. The molecule has 0 unspecified atom stereocenters. The smallest absolute Gasteiger partial charge is 0.247 e. The van der Waals surface area contributed by atoms with Crippen molar-refractivity contribution in [1.29, 1.82) is 0 Å². The van der Waals surface area contributed by atoms with Gasteiger partial charge in [-0.05, 0) is 54.6 Å². The monoisotopic (exact) mass is 482 g/mol. The number of hydrogen-bond acceptors (Lipinski definition) is 6. The number of nitrogens with zero attached hydrogens (tertiary/aromatic N) is 1. The Kier molecular flexibility index (Phi) is 7.90. The van der Waals surface area contributed by atoms with Gasteiger partial charge in [0.25, 0.3) is 0 Å². The van der Waals surface area contributed by atoms with Crippen LogP contribution in [-0.2, 0) is 22.6 Å². The number of rotatable bonds is 10. The standard InChI is InChI=1S/C26H30N2O5S/c1-31-19-11-12-23(32-2)22(15-19)25(26(30)27-18-7-3-4-8-18)28(17-20-9-5-13-33-20)24(29)16-21-10-6-14-34-21/h5-6,9-15,18,25H,3-4,7-8,16-17H2,1-2H3,(H,27,30)/t25-/m0/s1. The number of ether oxygens (including phenoxy) is 2. The van der Waals surface area contributed by atoms with Gasteiger partial charge >= 0.3 is 0 Å². The average molecular weight is 483 g/mol. The lowest BCUT2D eigenvalue weighted by Crippen LogP contribution is -2.46. The van der Waals surface area contributed by atoms with Crippen molar-refractivity contribution in [1.82, 2.24) is 10.2 Å². The number of methoxy groups -OCH3 is 2. The van der Waals surface area contributed by atoms with E-state index in [0.29, 0.717) is 22.8 Å². The molecule has 4 rings (SSSR count). The third-order valence-corrected chi connectivity index (χ3v) is 7.00. The highest BCUT2D eigenvalue weighted by atomic mass is 32.1. The van der Waals surface area contributed by atoms with Crippen molar-refractivity contribution >= 4 is 23.2 Å². The van der Waals surface area contributed by atoms with Crippen LogP contribution in [0.1, 0.15) is 47.9 Å². The van der Waals surface area contributed by atoms with Crippen LogP contribution in [0.3, 0.4) is 0 Å². The maximum atomic E-state index is 13.8. The van der Waals surface area contributed by atoms with E-state index < -0.39 is 6.04 Å². The molecule has 0 saturated heterocycles. The molecule has 1 fully saturated rings. The van der Waals surface area contributed by atoms with Gasteiger partial charge in [0, 0.05) is 16.5 Å². The molecule has 1 aromatic carbocycles. The summed E-state index contributed by atoms with van der Waals surface area (Å²) in [5.41, 5.74) is 0.573. The van der Waals surface area contributed by atoms with Crippen LogP contribution in [0.5, 0.6) is 11.5 Å². The van der Waals surface area contributed by atoms with Gasteiger partial charge in [0.2, 0.25) is 11.8 Å². The van der Waals surface area contributed by atoms with Crippen LogP contribution in [-0.4, -0.2) is 37.0 Å². The highest BCUT2D eigenvalue weighted by Gasteiger charge is 2.36. The summed E-state index contributed by atoms with van der Waals surface area (Å²) in [5, 5.41) is 5.12.